The summed E-state index contributed by atoms with van der Waals surface area (Å²) in [5.41, 5.74) is 9.76. The minimum absolute atomic E-state index is 0.0498. The van der Waals surface area contributed by atoms with Gasteiger partial charge in [-0.3, -0.25) is 4.79 Å². The van der Waals surface area contributed by atoms with Crippen LogP contribution in [0.15, 0.2) is 5.11 Å². The maximum absolute atomic E-state index is 12.8. The second kappa shape index (κ2) is 12.6. The van der Waals surface area contributed by atoms with E-state index in [1.807, 2.05) is 0 Å². The number of carbonyl (C=O) groups is 1. The third-order valence-corrected chi connectivity index (χ3v) is 17.1. The van der Waals surface area contributed by atoms with Gasteiger partial charge >= 0.3 is 0 Å². The molecule has 0 aromatic heterocycles. The highest BCUT2D eigenvalue weighted by atomic mass is 28.4. The number of rotatable bonds is 11. The van der Waals surface area contributed by atoms with Crippen LogP contribution in [0.1, 0.15) is 120 Å². The predicted octanol–water partition coefficient (Wildman–Crippen LogP) is 10.2. The normalized spacial score (nSPS) is 36.5. The van der Waals surface area contributed by atoms with Crippen LogP contribution in [0.2, 0.25) is 18.1 Å². The zero-order valence-corrected chi connectivity index (χ0v) is 28.2. The van der Waals surface area contributed by atoms with E-state index in [0.29, 0.717) is 54.9 Å². The third kappa shape index (κ3) is 6.97. The summed E-state index contributed by atoms with van der Waals surface area (Å²) in [6, 6.07) is 0. The zero-order chi connectivity index (χ0) is 29.2. The van der Waals surface area contributed by atoms with Crippen molar-refractivity contribution in [3.8, 4) is 0 Å². The lowest BCUT2D eigenvalue weighted by Crippen LogP contribution is -2.53. The van der Waals surface area contributed by atoms with Gasteiger partial charge in [0.2, 0.25) is 0 Å². The maximum atomic E-state index is 12.8. The summed E-state index contributed by atoms with van der Waals surface area (Å²) >= 11 is 0. The van der Waals surface area contributed by atoms with E-state index in [4.69, 9.17) is 4.43 Å². The lowest BCUT2D eigenvalue weighted by molar-refractivity contribution is -0.133. The molecule has 0 saturated heterocycles. The van der Waals surface area contributed by atoms with Gasteiger partial charge in [-0.05, 0) is 108 Å². The molecule has 0 N–H and O–H groups in total. The van der Waals surface area contributed by atoms with Crippen LogP contribution < -0.4 is 0 Å². The van der Waals surface area contributed by atoms with Gasteiger partial charge in [0.15, 0.2) is 8.32 Å². The van der Waals surface area contributed by atoms with E-state index in [1.54, 1.807) is 0 Å². The van der Waals surface area contributed by atoms with Crippen LogP contribution in [0, 0.1) is 52.3 Å². The van der Waals surface area contributed by atoms with Crippen molar-refractivity contribution in [2.45, 2.75) is 138 Å². The number of azide groups is 1. The Labute approximate surface area is 241 Å². The van der Waals surface area contributed by atoms with Crippen molar-refractivity contribution in [1.29, 1.82) is 0 Å². The molecule has 0 bridgehead atoms. The molecule has 8 atom stereocenters. The zero-order valence-electron chi connectivity index (χ0n) is 27.2. The van der Waals surface area contributed by atoms with E-state index in [-0.39, 0.29) is 16.4 Å². The minimum atomic E-state index is -1.91. The van der Waals surface area contributed by atoms with Crippen LogP contribution in [-0.4, -0.2) is 27.3 Å². The fourth-order valence-corrected chi connectivity index (χ4v) is 10.1. The molecule has 39 heavy (non-hydrogen) atoms. The summed E-state index contributed by atoms with van der Waals surface area (Å²) < 4.78 is 6.80. The minimum Gasteiger partial charge on any atom is -0.417 e. The second-order valence-electron chi connectivity index (χ2n) is 16.3. The van der Waals surface area contributed by atoms with Crippen molar-refractivity contribution in [3.05, 3.63) is 10.4 Å². The van der Waals surface area contributed by atoms with E-state index in [1.165, 1.54) is 44.9 Å². The van der Waals surface area contributed by atoms with E-state index in [0.717, 1.165) is 24.2 Å². The van der Waals surface area contributed by atoms with Crippen LogP contribution >= 0.6 is 0 Å². The predicted molar refractivity (Wildman–Crippen MR) is 166 cm³/mol. The molecule has 0 unspecified atom stereocenters. The quantitative estimate of drug-likeness (QED) is 0.109. The first-order chi connectivity index (χ1) is 18.1. The van der Waals surface area contributed by atoms with E-state index in [9.17, 15) is 10.3 Å². The van der Waals surface area contributed by atoms with Gasteiger partial charge in [-0.25, -0.2) is 0 Å². The van der Waals surface area contributed by atoms with Crippen LogP contribution in [-0.2, 0) is 9.22 Å². The highest BCUT2D eigenvalue weighted by molar-refractivity contribution is 6.74. The van der Waals surface area contributed by atoms with Crippen molar-refractivity contribution in [2.75, 3.05) is 13.2 Å². The summed E-state index contributed by atoms with van der Waals surface area (Å²) in [5.74, 6) is 4.45. The first-order valence-electron chi connectivity index (χ1n) is 16.2. The number of ketones is 1. The Morgan fingerprint density at radius 2 is 1.72 bits per heavy atom. The Balaban J connectivity index is 1.86. The number of carbonyl (C=O) groups excluding carboxylic acids is 1. The van der Waals surface area contributed by atoms with Crippen molar-refractivity contribution in [1.82, 2.24) is 0 Å². The van der Waals surface area contributed by atoms with Gasteiger partial charge in [0, 0.05) is 30.9 Å². The van der Waals surface area contributed by atoms with Gasteiger partial charge in [-0.15, -0.1) is 0 Å². The molecule has 3 aliphatic carbocycles. The Morgan fingerprint density at radius 1 is 1.05 bits per heavy atom. The monoisotopic (exact) mass is 559 g/mol. The molecule has 3 saturated carbocycles. The molecule has 5 nitrogen and oxygen atoms in total. The summed E-state index contributed by atoms with van der Waals surface area (Å²) in [6.07, 6.45) is 11.3. The van der Waals surface area contributed by atoms with Gasteiger partial charge in [0.05, 0.1) is 0 Å². The summed E-state index contributed by atoms with van der Waals surface area (Å²) in [4.78, 5) is 16.0. The average Bonchev–Trinajstić information content (AvgIpc) is 3.19. The second-order valence-corrected chi connectivity index (χ2v) is 21.1. The molecular formula is C33H61N3O2Si. The van der Waals surface area contributed by atoms with Crippen LogP contribution in [0.3, 0.4) is 0 Å². The molecule has 3 rings (SSSR count). The Hall–Kier alpha value is -0.843. The number of hydrogen-bond donors (Lipinski definition) is 0. The fraction of sp³-hybridized carbons (Fsp3) is 0.970. The van der Waals surface area contributed by atoms with Gasteiger partial charge in [0.1, 0.15) is 5.78 Å². The number of hydrogen-bond acceptors (Lipinski definition) is 3. The first kappa shape index (κ1) is 32.7. The molecule has 3 fully saturated rings. The Bertz CT molecular complexity index is 892. The smallest absolute Gasteiger partial charge is 0.191 e. The van der Waals surface area contributed by atoms with Gasteiger partial charge in [0.25, 0.3) is 0 Å². The SMILES string of the molecule is CC(C)CCC[C@@H](C)[C@H]1CC[C@H]2[C@H](CN=[N+]=[N-])[C@@H]([C@@]3(C)CCC(=O)C[C@@H]3CO[Si](C)(C)C(C)(C)C)CC[C@]12C. The highest BCUT2D eigenvalue weighted by Crippen LogP contribution is 2.65. The molecular weight excluding hydrogens is 498 g/mol. The first-order valence-corrected chi connectivity index (χ1v) is 19.1. The van der Waals surface area contributed by atoms with Crippen molar-refractivity contribution < 1.29 is 9.22 Å². The molecule has 0 aliphatic heterocycles. The average molecular weight is 560 g/mol. The molecule has 6 heteroatoms. The summed E-state index contributed by atoms with van der Waals surface area (Å²) in [7, 11) is -1.91. The van der Waals surface area contributed by atoms with Crippen molar-refractivity contribution >= 4 is 14.1 Å². The van der Waals surface area contributed by atoms with Crippen LogP contribution in [0.5, 0.6) is 0 Å². The molecule has 0 radical (unpaired) electrons. The lowest BCUT2D eigenvalue weighted by atomic mass is 9.48. The third-order valence-electron chi connectivity index (χ3n) is 12.6. The van der Waals surface area contributed by atoms with Crippen molar-refractivity contribution in [2.24, 2.45) is 57.4 Å². The van der Waals surface area contributed by atoms with Gasteiger partial charge < -0.3 is 4.43 Å². The number of fused-ring (bicyclic) bond motifs is 1. The van der Waals surface area contributed by atoms with Gasteiger partial charge in [-0.1, -0.05) is 79.8 Å². The Morgan fingerprint density at radius 3 is 2.33 bits per heavy atom. The maximum Gasteiger partial charge on any atom is 0.191 e. The lowest BCUT2D eigenvalue weighted by Gasteiger charge is -2.57. The number of Topliss-reactive ketones (excluding diaryl/α,β-unsaturated/α-hetero) is 1. The largest absolute Gasteiger partial charge is 0.417 e. The molecule has 0 aromatic carbocycles. The van der Waals surface area contributed by atoms with E-state index < -0.39 is 8.32 Å². The molecule has 224 valence electrons. The molecule has 0 aromatic rings. The standard InChI is InChI=1S/C33H61N3O2Si/c1-23(2)12-11-13-24(3)28-14-15-29-27(21-35-36-34)30(17-19-33(28,29)8)32(7)18-16-26(37)20-25(32)22-38-39(9,10)31(4,5)6/h23-25,27-30H,11-22H2,1-10H3/t24-,25-,27+,28-,29+,30+,32+,33-/m1/s1. The fourth-order valence-electron chi connectivity index (χ4n) is 9.00. The highest BCUT2D eigenvalue weighted by Gasteiger charge is 2.59. The van der Waals surface area contributed by atoms with Crippen LogP contribution in [0.25, 0.3) is 10.4 Å². The van der Waals surface area contributed by atoms with Gasteiger partial charge in [-0.2, -0.15) is 0 Å². The Kier molecular flexibility index (Phi) is 10.5. The van der Waals surface area contributed by atoms with Crippen LogP contribution in [0.4, 0.5) is 0 Å². The molecule has 0 amide bonds. The molecule has 0 heterocycles. The molecule has 3 aliphatic rings. The van der Waals surface area contributed by atoms with E-state index >= 15 is 0 Å². The summed E-state index contributed by atoms with van der Waals surface area (Å²) in [6.45, 7) is 25.1. The molecule has 0 spiro atoms. The van der Waals surface area contributed by atoms with Crippen molar-refractivity contribution in [3.63, 3.8) is 0 Å². The van der Waals surface area contributed by atoms with E-state index in [2.05, 4.69) is 78.5 Å². The topological polar surface area (TPSA) is 75.1 Å². The summed E-state index contributed by atoms with van der Waals surface area (Å²) in [5, 5.41) is 4.41. The number of nitrogens with zero attached hydrogens (tertiary/aromatic N) is 3.